The zero-order valence-corrected chi connectivity index (χ0v) is 16.4. The quantitative estimate of drug-likeness (QED) is 0.372. The van der Waals surface area contributed by atoms with Crippen LogP contribution in [0.3, 0.4) is 0 Å². The SMILES string of the molecule is Cc1[nH]c2ccccc2c1CS(=O)(=O)c1ccccc1-c1ccc([N+](=O)[O-])cc1. The molecule has 0 unspecified atom stereocenters. The molecular weight excluding hydrogens is 388 g/mol. The first kappa shape index (κ1) is 18.9. The molecule has 3 aromatic carbocycles. The van der Waals surface area contributed by atoms with Crippen LogP contribution < -0.4 is 0 Å². The van der Waals surface area contributed by atoms with E-state index in [4.69, 9.17) is 0 Å². The Morgan fingerprint density at radius 3 is 2.31 bits per heavy atom. The van der Waals surface area contributed by atoms with Crippen LogP contribution in [0.25, 0.3) is 22.0 Å². The summed E-state index contributed by atoms with van der Waals surface area (Å²) in [5.74, 6) is -0.132. The maximum atomic E-state index is 13.3. The number of aromatic nitrogens is 1. The number of fused-ring (bicyclic) bond motifs is 1. The largest absolute Gasteiger partial charge is 0.358 e. The van der Waals surface area contributed by atoms with Gasteiger partial charge in [0.1, 0.15) is 0 Å². The van der Waals surface area contributed by atoms with Crippen LogP contribution in [0.5, 0.6) is 0 Å². The van der Waals surface area contributed by atoms with Gasteiger partial charge in [0.15, 0.2) is 9.84 Å². The molecule has 0 atom stereocenters. The van der Waals surface area contributed by atoms with Gasteiger partial charge < -0.3 is 4.98 Å². The summed E-state index contributed by atoms with van der Waals surface area (Å²) in [5.41, 5.74) is 3.58. The Morgan fingerprint density at radius 2 is 1.59 bits per heavy atom. The fourth-order valence-corrected chi connectivity index (χ4v) is 5.24. The van der Waals surface area contributed by atoms with E-state index in [1.807, 2.05) is 31.2 Å². The Morgan fingerprint density at radius 1 is 0.931 bits per heavy atom. The monoisotopic (exact) mass is 406 g/mol. The number of benzene rings is 3. The average molecular weight is 406 g/mol. The fourth-order valence-electron chi connectivity index (χ4n) is 3.53. The van der Waals surface area contributed by atoms with Crippen molar-refractivity contribution in [1.82, 2.24) is 4.98 Å². The van der Waals surface area contributed by atoms with Crippen LogP contribution in [0, 0.1) is 17.0 Å². The molecule has 0 aliphatic rings. The summed E-state index contributed by atoms with van der Waals surface area (Å²) in [4.78, 5) is 13.9. The van der Waals surface area contributed by atoms with E-state index in [1.165, 1.54) is 12.1 Å². The van der Waals surface area contributed by atoms with Gasteiger partial charge in [-0.3, -0.25) is 10.1 Å². The number of hydrogen-bond acceptors (Lipinski definition) is 4. The highest BCUT2D eigenvalue weighted by Crippen LogP contribution is 2.32. The summed E-state index contributed by atoms with van der Waals surface area (Å²) in [7, 11) is -3.66. The van der Waals surface area contributed by atoms with Gasteiger partial charge in [0.25, 0.3) is 5.69 Å². The van der Waals surface area contributed by atoms with Crippen molar-refractivity contribution >= 4 is 26.4 Å². The van der Waals surface area contributed by atoms with Gasteiger partial charge >= 0.3 is 0 Å². The van der Waals surface area contributed by atoms with Crippen LogP contribution in [0.1, 0.15) is 11.3 Å². The minimum Gasteiger partial charge on any atom is -0.358 e. The van der Waals surface area contributed by atoms with Gasteiger partial charge in [0, 0.05) is 34.3 Å². The number of nitro groups is 1. The first-order valence-electron chi connectivity index (χ1n) is 8.99. The van der Waals surface area contributed by atoms with Crippen molar-refractivity contribution in [2.75, 3.05) is 0 Å². The van der Waals surface area contributed by atoms with Gasteiger partial charge in [0.2, 0.25) is 0 Å². The molecule has 0 aliphatic carbocycles. The van der Waals surface area contributed by atoms with Gasteiger partial charge in [-0.1, -0.05) is 36.4 Å². The van der Waals surface area contributed by atoms with Crippen LogP contribution in [-0.4, -0.2) is 18.3 Å². The van der Waals surface area contributed by atoms with Crippen molar-refractivity contribution in [3.8, 4) is 11.1 Å². The molecule has 1 aromatic heterocycles. The summed E-state index contributed by atoms with van der Waals surface area (Å²) >= 11 is 0. The molecule has 0 amide bonds. The van der Waals surface area contributed by atoms with Crippen molar-refractivity contribution < 1.29 is 13.3 Å². The molecule has 4 rings (SSSR count). The third kappa shape index (κ3) is 3.52. The van der Waals surface area contributed by atoms with Crippen molar-refractivity contribution in [2.45, 2.75) is 17.6 Å². The molecule has 146 valence electrons. The summed E-state index contributed by atoms with van der Waals surface area (Å²) in [6.45, 7) is 1.87. The van der Waals surface area contributed by atoms with E-state index in [0.29, 0.717) is 11.1 Å². The van der Waals surface area contributed by atoms with Crippen molar-refractivity contribution in [1.29, 1.82) is 0 Å². The molecular formula is C22H18N2O4S. The zero-order valence-electron chi connectivity index (χ0n) is 15.6. The highest BCUT2D eigenvalue weighted by Gasteiger charge is 2.23. The van der Waals surface area contributed by atoms with Gasteiger partial charge in [-0.25, -0.2) is 8.42 Å². The maximum Gasteiger partial charge on any atom is 0.269 e. The Kier molecular flexibility index (Phi) is 4.68. The maximum absolute atomic E-state index is 13.3. The Hall–Kier alpha value is -3.45. The second-order valence-electron chi connectivity index (χ2n) is 6.83. The summed E-state index contributed by atoms with van der Waals surface area (Å²) in [6, 6.07) is 20.3. The van der Waals surface area contributed by atoms with Gasteiger partial charge in [-0.2, -0.15) is 0 Å². The lowest BCUT2D eigenvalue weighted by atomic mass is 10.1. The molecule has 0 saturated carbocycles. The van der Waals surface area contributed by atoms with Crippen LogP contribution in [-0.2, 0) is 15.6 Å². The lowest BCUT2D eigenvalue weighted by molar-refractivity contribution is -0.384. The third-order valence-corrected chi connectivity index (χ3v) is 6.67. The molecule has 0 spiro atoms. The number of non-ortho nitro benzene ring substituents is 1. The first-order valence-corrected chi connectivity index (χ1v) is 10.6. The number of hydrogen-bond donors (Lipinski definition) is 1. The molecule has 0 fully saturated rings. The average Bonchev–Trinajstić information content (AvgIpc) is 3.03. The normalized spacial score (nSPS) is 11.6. The van der Waals surface area contributed by atoms with Crippen molar-refractivity contribution in [3.05, 3.63) is 94.2 Å². The molecule has 0 saturated heterocycles. The number of nitrogens with zero attached hydrogens (tertiary/aromatic N) is 1. The van der Waals surface area contributed by atoms with Crippen LogP contribution in [0.4, 0.5) is 5.69 Å². The molecule has 4 aromatic rings. The molecule has 0 radical (unpaired) electrons. The van der Waals surface area contributed by atoms with E-state index >= 15 is 0 Å². The van der Waals surface area contributed by atoms with E-state index in [0.717, 1.165) is 22.2 Å². The van der Waals surface area contributed by atoms with E-state index in [2.05, 4.69) is 4.98 Å². The van der Waals surface area contributed by atoms with E-state index in [1.54, 1.807) is 36.4 Å². The molecule has 0 aliphatic heterocycles. The number of aryl methyl sites for hydroxylation is 1. The van der Waals surface area contributed by atoms with Crippen LogP contribution in [0.15, 0.2) is 77.7 Å². The molecule has 29 heavy (non-hydrogen) atoms. The van der Waals surface area contributed by atoms with Crippen LogP contribution in [0.2, 0.25) is 0 Å². The minimum atomic E-state index is -3.66. The van der Waals surface area contributed by atoms with Crippen molar-refractivity contribution in [2.24, 2.45) is 0 Å². The number of nitro benzene ring substituents is 1. The molecule has 1 heterocycles. The van der Waals surface area contributed by atoms with E-state index in [-0.39, 0.29) is 16.3 Å². The molecule has 0 bridgehead atoms. The van der Waals surface area contributed by atoms with Gasteiger partial charge in [-0.05, 0) is 42.3 Å². The number of nitrogens with one attached hydrogen (secondary N) is 1. The number of sulfone groups is 1. The Balaban J connectivity index is 1.78. The lowest BCUT2D eigenvalue weighted by Crippen LogP contribution is -2.07. The predicted octanol–water partition coefficient (Wildman–Crippen LogP) is 5.03. The molecule has 1 N–H and O–H groups in total. The van der Waals surface area contributed by atoms with Gasteiger partial charge in [-0.15, -0.1) is 0 Å². The fraction of sp³-hybridized carbons (Fsp3) is 0.0909. The molecule has 7 heteroatoms. The first-order chi connectivity index (χ1) is 13.9. The Labute approximate surface area is 167 Å². The van der Waals surface area contributed by atoms with Gasteiger partial charge in [0.05, 0.1) is 15.6 Å². The topological polar surface area (TPSA) is 93.1 Å². The molecule has 6 nitrogen and oxygen atoms in total. The number of rotatable bonds is 5. The number of H-pyrrole nitrogens is 1. The second kappa shape index (κ2) is 7.18. The van der Waals surface area contributed by atoms with Crippen molar-refractivity contribution in [3.63, 3.8) is 0 Å². The highest BCUT2D eigenvalue weighted by molar-refractivity contribution is 7.90. The number of aromatic amines is 1. The zero-order chi connectivity index (χ0) is 20.6. The van der Waals surface area contributed by atoms with E-state index < -0.39 is 14.8 Å². The van der Waals surface area contributed by atoms with Crippen LogP contribution >= 0.6 is 0 Å². The summed E-state index contributed by atoms with van der Waals surface area (Å²) in [6.07, 6.45) is 0. The lowest BCUT2D eigenvalue weighted by Gasteiger charge is -2.11. The smallest absolute Gasteiger partial charge is 0.269 e. The highest BCUT2D eigenvalue weighted by atomic mass is 32.2. The minimum absolute atomic E-state index is 0.0384. The Bertz CT molecular complexity index is 1320. The summed E-state index contributed by atoms with van der Waals surface area (Å²) < 4.78 is 26.7. The second-order valence-corrected chi connectivity index (χ2v) is 8.79. The third-order valence-electron chi connectivity index (χ3n) is 4.97. The standard InChI is InChI=1S/C22H18N2O4S/c1-15-20(19-7-2-4-8-21(19)23-15)14-29(27,28)22-9-5-3-6-18(22)16-10-12-17(13-11-16)24(25)26/h2-13,23H,14H2,1H3. The predicted molar refractivity (Wildman–Crippen MR) is 112 cm³/mol. The van der Waals surface area contributed by atoms with E-state index in [9.17, 15) is 18.5 Å². The number of para-hydroxylation sites is 1. The summed E-state index contributed by atoms with van der Waals surface area (Å²) in [5, 5.41) is 11.8.